The molecule has 0 unspecified atom stereocenters. The molecule has 0 aliphatic carbocycles. The number of hydrogen-bond donors (Lipinski definition) is 1. The van der Waals surface area contributed by atoms with Crippen LogP contribution in [-0.4, -0.2) is 34.4 Å². The number of H-pyrrole nitrogens is 1. The number of aromatic nitrogens is 4. The van der Waals surface area contributed by atoms with Crippen LogP contribution < -0.4 is 0 Å². The van der Waals surface area contributed by atoms with E-state index in [0.717, 1.165) is 18.4 Å². The first-order valence-electron chi connectivity index (χ1n) is 8.48. The maximum Gasteiger partial charge on any atom is 0.416 e. The van der Waals surface area contributed by atoms with Gasteiger partial charge in [0.25, 0.3) is 0 Å². The largest absolute Gasteiger partial charge is 0.416 e. The van der Waals surface area contributed by atoms with Gasteiger partial charge in [-0.15, -0.1) is 0 Å². The molecule has 1 N–H and O–H groups in total. The van der Waals surface area contributed by atoms with Gasteiger partial charge in [-0.1, -0.05) is 12.1 Å². The Morgan fingerprint density at radius 2 is 1.83 bits per heavy atom. The molecule has 0 radical (unpaired) electrons. The van der Waals surface area contributed by atoms with Crippen molar-refractivity contribution in [3.05, 3.63) is 66.0 Å². The SMILES string of the molecule is CS(=O)(=O)c1ccc2nc(-c3cnn(Cc4ccc(C(F)(F)F)cc4)c3)[nH]c2c1. The normalized spacial score (nSPS) is 12.6. The summed E-state index contributed by atoms with van der Waals surface area (Å²) >= 11 is 0. The monoisotopic (exact) mass is 420 g/mol. The number of halogens is 3. The summed E-state index contributed by atoms with van der Waals surface area (Å²) in [7, 11) is -3.33. The van der Waals surface area contributed by atoms with E-state index in [0.29, 0.717) is 34.5 Å². The predicted octanol–water partition coefficient (Wildman–Crippen LogP) is 3.90. The molecule has 10 heteroatoms. The third kappa shape index (κ3) is 4.02. The predicted molar refractivity (Wildman–Crippen MR) is 101 cm³/mol. The third-order valence-electron chi connectivity index (χ3n) is 4.41. The highest BCUT2D eigenvalue weighted by atomic mass is 32.2. The van der Waals surface area contributed by atoms with Crippen molar-refractivity contribution in [2.45, 2.75) is 17.6 Å². The Morgan fingerprint density at radius 1 is 1.10 bits per heavy atom. The minimum atomic E-state index is -4.37. The van der Waals surface area contributed by atoms with Gasteiger partial charge in [-0.3, -0.25) is 4.68 Å². The van der Waals surface area contributed by atoms with Crippen molar-refractivity contribution in [3.8, 4) is 11.4 Å². The first kappa shape index (κ1) is 19.2. The average molecular weight is 420 g/mol. The molecule has 4 aromatic rings. The summed E-state index contributed by atoms with van der Waals surface area (Å²) in [6, 6.07) is 9.55. The fourth-order valence-corrected chi connectivity index (χ4v) is 3.56. The molecule has 0 fully saturated rings. The van der Waals surface area contributed by atoms with Gasteiger partial charge in [-0.25, -0.2) is 13.4 Å². The minimum Gasteiger partial charge on any atom is -0.338 e. The Hall–Kier alpha value is -3.14. The Bertz CT molecular complexity index is 1290. The van der Waals surface area contributed by atoms with E-state index in [1.165, 1.54) is 24.3 Å². The van der Waals surface area contributed by atoms with E-state index in [1.54, 1.807) is 23.1 Å². The summed E-state index contributed by atoms with van der Waals surface area (Å²) in [6.07, 6.45) is 0.0680. The number of nitrogens with zero attached hydrogens (tertiary/aromatic N) is 3. The molecule has 0 aliphatic rings. The van der Waals surface area contributed by atoms with Crippen LogP contribution >= 0.6 is 0 Å². The van der Waals surface area contributed by atoms with Crippen molar-refractivity contribution in [1.29, 1.82) is 0 Å². The Kier molecular flexibility index (Phi) is 4.45. The van der Waals surface area contributed by atoms with Gasteiger partial charge < -0.3 is 4.98 Å². The number of alkyl halides is 3. The Morgan fingerprint density at radius 3 is 2.48 bits per heavy atom. The second-order valence-corrected chi connectivity index (χ2v) is 8.67. The average Bonchev–Trinajstić information content (AvgIpc) is 3.26. The summed E-state index contributed by atoms with van der Waals surface area (Å²) in [4.78, 5) is 7.70. The van der Waals surface area contributed by atoms with E-state index >= 15 is 0 Å². The molecule has 0 amide bonds. The van der Waals surface area contributed by atoms with Crippen LogP contribution in [0, 0.1) is 0 Å². The highest BCUT2D eigenvalue weighted by Gasteiger charge is 2.29. The number of hydrogen-bond acceptors (Lipinski definition) is 4. The highest BCUT2D eigenvalue weighted by Crippen LogP contribution is 2.29. The minimum absolute atomic E-state index is 0.193. The molecule has 150 valence electrons. The molecule has 6 nitrogen and oxygen atoms in total. The number of benzene rings is 2. The van der Waals surface area contributed by atoms with Gasteiger partial charge in [0, 0.05) is 12.5 Å². The number of aromatic amines is 1. The van der Waals surface area contributed by atoms with E-state index in [-0.39, 0.29) is 4.90 Å². The molecule has 2 aromatic heterocycles. The Balaban J connectivity index is 1.57. The zero-order valence-electron chi connectivity index (χ0n) is 15.1. The van der Waals surface area contributed by atoms with Crippen LogP contribution in [0.15, 0.2) is 59.8 Å². The molecule has 4 rings (SSSR count). The maximum atomic E-state index is 12.7. The number of sulfone groups is 1. The van der Waals surface area contributed by atoms with Crippen LogP contribution in [0.2, 0.25) is 0 Å². The summed E-state index contributed by atoms with van der Waals surface area (Å²) in [5.41, 5.74) is 1.85. The van der Waals surface area contributed by atoms with Crippen molar-refractivity contribution in [2.75, 3.05) is 6.26 Å². The van der Waals surface area contributed by atoms with Crippen molar-refractivity contribution in [1.82, 2.24) is 19.7 Å². The van der Waals surface area contributed by atoms with Gasteiger partial charge in [-0.05, 0) is 35.9 Å². The number of nitrogens with one attached hydrogen (secondary N) is 1. The smallest absolute Gasteiger partial charge is 0.338 e. The molecule has 0 bridgehead atoms. The van der Waals surface area contributed by atoms with Gasteiger partial charge in [0.05, 0.1) is 39.8 Å². The summed E-state index contributed by atoms with van der Waals surface area (Å²) < 4.78 is 62.9. The molecule has 0 spiro atoms. The van der Waals surface area contributed by atoms with Crippen LogP contribution in [0.3, 0.4) is 0 Å². The lowest BCUT2D eigenvalue weighted by atomic mass is 10.1. The second-order valence-electron chi connectivity index (χ2n) is 6.66. The van der Waals surface area contributed by atoms with Crippen LogP contribution in [0.25, 0.3) is 22.4 Å². The van der Waals surface area contributed by atoms with Crippen molar-refractivity contribution in [3.63, 3.8) is 0 Å². The second kappa shape index (κ2) is 6.73. The zero-order valence-corrected chi connectivity index (χ0v) is 15.9. The topological polar surface area (TPSA) is 80.6 Å². The van der Waals surface area contributed by atoms with Crippen LogP contribution in [0.4, 0.5) is 13.2 Å². The molecule has 29 heavy (non-hydrogen) atoms. The van der Waals surface area contributed by atoms with Gasteiger partial charge in [0.1, 0.15) is 5.82 Å². The van der Waals surface area contributed by atoms with Gasteiger partial charge in [-0.2, -0.15) is 18.3 Å². The first-order valence-corrected chi connectivity index (χ1v) is 10.4. The molecule has 0 saturated carbocycles. The van der Waals surface area contributed by atoms with Crippen LogP contribution in [0.1, 0.15) is 11.1 Å². The first-order chi connectivity index (χ1) is 13.6. The lowest BCUT2D eigenvalue weighted by molar-refractivity contribution is -0.137. The molecular weight excluding hydrogens is 405 g/mol. The number of fused-ring (bicyclic) bond motifs is 1. The third-order valence-corrected chi connectivity index (χ3v) is 5.52. The molecule has 2 heterocycles. The maximum absolute atomic E-state index is 12.7. The number of rotatable bonds is 4. The fraction of sp³-hybridized carbons (Fsp3) is 0.158. The molecule has 0 saturated heterocycles. The van der Waals surface area contributed by atoms with Gasteiger partial charge >= 0.3 is 6.18 Å². The fourth-order valence-electron chi connectivity index (χ4n) is 2.91. The Labute approximate surface area is 163 Å². The van der Waals surface area contributed by atoms with E-state index in [2.05, 4.69) is 15.1 Å². The van der Waals surface area contributed by atoms with E-state index in [1.807, 2.05) is 0 Å². The van der Waals surface area contributed by atoms with Crippen molar-refractivity contribution in [2.24, 2.45) is 0 Å². The lowest BCUT2D eigenvalue weighted by Crippen LogP contribution is -2.05. The summed E-state index contributed by atoms with van der Waals surface area (Å²) in [5, 5.41) is 4.22. The van der Waals surface area contributed by atoms with E-state index in [9.17, 15) is 21.6 Å². The molecule has 0 aliphatic heterocycles. The van der Waals surface area contributed by atoms with E-state index < -0.39 is 21.6 Å². The zero-order chi connectivity index (χ0) is 20.8. The van der Waals surface area contributed by atoms with Gasteiger partial charge in [0.2, 0.25) is 0 Å². The quantitative estimate of drug-likeness (QED) is 0.543. The summed E-state index contributed by atoms with van der Waals surface area (Å²) in [6.45, 7) is 0.302. The van der Waals surface area contributed by atoms with Gasteiger partial charge in [0.15, 0.2) is 9.84 Å². The van der Waals surface area contributed by atoms with Crippen molar-refractivity contribution >= 4 is 20.9 Å². The van der Waals surface area contributed by atoms with E-state index in [4.69, 9.17) is 0 Å². The molecular formula is C19H15F3N4O2S. The highest BCUT2D eigenvalue weighted by molar-refractivity contribution is 7.90. The molecule has 2 aromatic carbocycles. The van der Waals surface area contributed by atoms with Crippen molar-refractivity contribution < 1.29 is 21.6 Å². The lowest BCUT2D eigenvalue weighted by Gasteiger charge is -2.07. The summed E-state index contributed by atoms with van der Waals surface area (Å²) in [5.74, 6) is 0.518. The standard InChI is InChI=1S/C19H15F3N4O2S/c1-29(27,28)15-6-7-16-17(8-15)25-18(24-16)13-9-23-26(11-13)10-12-2-4-14(5-3-12)19(20,21)22/h2-9,11H,10H2,1H3,(H,24,25). The van der Waals surface area contributed by atoms with Crippen LogP contribution in [-0.2, 0) is 22.6 Å². The van der Waals surface area contributed by atoms with Crippen LogP contribution in [0.5, 0.6) is 0 Å². The number of imidazole rings is 1. The molecule has 0 atom stereocenters.